The van der Waals surface area contributed by atoms with Crippen molar-refractivity contribution in [3.05, 3.63) is 90.1 Å². The van der Waals surface area contributed by atoms with E-state index in [9.17, 15) is 13.6 Å². The Labute approximate surface area is 180 Å². The van der Waals surface area contributed by atoms with Gasteiger partial charge in [-0.2, -0.15) is 10.2 Å². The number of aryl methyl sites for hydroxylation is 1. The van der Waals surface area contributed by atoms with Crippen molar-refractivity contribution in [2.45, 2.75) is 6.92 Å². The summed E-state index contributed by atoms with van der Waals surface area (Å²) in [4.78, 5) is 21.4. The highest BCUT2D eigenvalue weighted by Gasteiger charge is 2.19. The minimum absolute atomic E-state index is 0.00524. The van der Waals surface area contributed by atoms with Crippen molar-refractivity contribution in [3.8, 4) is 17.1 Å². The first-order valence-electron chi connectivity index (χ1n) is 9.58. The molecule has 5 rings (SSSR count). The zero-order valence-corrected chi connectivity index (χ0v) is 16.7. The molecule has 10 heteroatoms. The molecule has 0 bridgehead atoms. The van der Waals surface area contributed by atoms with Gasteiger partial charge in [-0.1, -0.05) is 6.07 Å². The minimum Gasteiger partial charge on any atom is -0.318 e. The number of hydrogen-bond acceptors (Lipinski definition) is 5. The van der Waals surface area contributed by atoms with Crippen molar-refractivity contribution in [2.75, 3.05) is 5.32 Å². The Balaban J connectivity index is 1.60. The van der Waals surface area contributed by atoms with E-state index >= 15 is 0 Å². The normalized spacial score (nSPS) is 11.1. The lowest BCUT2D eigenvalue weighted by molar-refractivity contribution is 0.102. The van der Waals surface area contributed by atoms with Gasteiger partial charge in [-0.3, -0.25) is 4.79 Å². The second kappa shape index (κ2) is 7.65. The average molecular weight is 431 g/mol. The van der Waals surface area contributed by atoms with E-state index in [1.807, 2.05) is 25.1 Å². The predicted octanol–water partition coefficient (Wildman–Crippen LogP) is 3.82. The number of hydrogen-bond donors (Lipinski definition) is 1. The maximum atomic E-state index is 14.0. The van der Waals surface area contributed by atoms with Crippen molar-refractivity contribution in [3.63, 3.8) is 0 Å². The molecule has 0 aliphatic rings. The molecular weight excluding hydrogens is 416 g/mol. The van der Waals surface area contributed by atoms with E-state index in [-0.39, 0.29) is 11.4 Å². The van der Waals surface area contributed by atoms with Gasteiger partial charge in [-0.25, -0.2) is 27.9 Å². The SMILES string of the molecule is Cc1cccc(-n2nc(C(=O)Nc3cc(F)ccc3F)cc2-c2ccc3ncnn3c2)n1. The summed E-state index contributed by atoms with van der Waals surface area (Å²) in [6.45, 7) is 1.84. The molecule has 0 aliphatic heterocycles. The van der Waals surface area contributed by atoms with Crippen LogP contribution in [-0.2, 0) is 0 Å². The van der Waals surface area contributed by atoms with Crippen LogP contribution in [0.15, 0.2) is 67.1 Å². The van der Waals surface area contributed by atoms with Crippen LogP contribution in [0.5, 0.6) is 0 Å². The lowest BCUT2D eigenvalue weighted by Gasteiger charge is -2.07. The monoisotopic (exact) mass is 431 g/mol. The molecule has 0 unspecified atom stereocenters. The predicted molar refractivity (Wildman–Crippen MR) is 112 cm³/mol. The third kappa shape index (κ3) is 3.58. The standard InChI is InChI=1S/C22H15F2N7O/c1-13-3-2-4-21(27-13)31-19(14-5-8-20-25-12-26-30(20)11-14)10-18(29-31)22(32)28-17-9-15(23)6-7-16(17)24/h2-12H,1H3,(H,28,32). The molecule has 8 nitrogen and oxygen atoms in total. The number of fused-ring (bicyclic) bond motifs is 1. The number of carbonyl (C=O) groups excluding carboxylic acids is 1. The molecule has 0 atom stereocenters. The largest absolute Gasteiger partial charge is 0.318 e. The second-order valence-corrected chi connectivity index (χ2v) is 7.02. The third-order valence-electron chi connectivity index (χ3n) is 4.78. The Morgan fingerprint density at radius 3 is 2.78 bits per heavy atom. The van der Waals surface area contributed by atoms with Gasteiger partial charge in [0.05, 0.1) is 11.4 Å². The zero-order chi connectivity index (χ0) is 22.2. The number of nitrogens with zero attached hydrogens (tertiary/aromatic N) is 6. The van der Waals surface area contributed by atoms with Crippen LogP contribution in [0.4, 0.5) is 14.5 Å². The van der Waals surface area contributed by atoms with Gasteiger partial charge < -0.3 is 5.32 Å². The fraction of sp³-hybridized carbons (Fsp3) is 0.0455. The quantitative estimate of drug-likeness (QED) is 0.467. The molecule has 0 saturated heterocycles. The van der Waals surface area contributed by atoms with Crippen LogP contribution in [0.1, 0.15) is 16.2 Å². The number of benzene rings is 1. The molecule has 0 fully saturated rings. The Morgan fingerprint density at radius 1 is 1.06 bits per heavy atom. The molecule has 0 spiro atoms. The summed E-state index contributed by atoms with van der Waals surface area (Å²) in [5.74, 6) is -1.62. The number of anilines is 1. The van der Waals surface area contributed by atoms with Crippen molar-refractivity contribution in [2.24, 2.45) is 0 Å². The Bertz CT molecular complexity index is 1470. The number of aromatic nitrogens is 6. The number of nitrogens with one attached hydrogen (secondary N) is 1. The topological polar surface area (TPSA) is 90.0 Å². The van der Waals surface area contributed by atoms with Crippen LogP contribution in [0.3, 0.4) is 0 Å². The number of rotatable bonds is 4. The molecule has 4 heterocycles. The van der Waals surface area contributed by atoms with E-state index in [1.165, 1.54) is 11.0 Å². The van der Waals surface area contributed by atoms with E-state index in [0.29, 0.717) is 22.7 Å². The molecule has 158 valence electrons. The van der Waals surface area contributed by atoms with E-state index in [0.717, 1.165) is 23.9 Å². The Hall–Kier alpha value is -4.47. The van der Waals surface area contributed by atoms with Crippen LogP contribution < -0.4 is 5.32 Å². The Kier molecular flexibility index (Phi) is 4.66. The third-order valence-corrected chi connectivity index (χ3v) is 4.78. The van der Waals surface area contributed by atoms with Crippen LogP contribution in [0.25, 0.3) is 22.7 Å². The summed E-state index contributed by atoms with van der Waals surface area (Å²) < 4.78 is 30.6. The zero-order valence-electron chi connectivity index (χ0n) is 16.7. The van der Waals surface area contributed by atoms with Gasteiger partial charge in [-0.15, -0.1) is 0 Å². The Morgan fingerprint density at radius 2 is 1.94 bits per heavy atom. The van der Waals surface area contributed by atoms with Crippen LogP contribution in [-0.4, -0.2) is 35.3 Å². The lowest BCUT2D eigenvalue weighted by atomic mass is 10.2. The summed E-state index contributed by atoms with van der Waals surface area (Å²) in [6, 6.07) is 13.4. The molecule has 0 saturated carbocycles. The second-order valence-electron chi connectivity index (χ2n) is 7.02. The first-order chi connectivity index (χ1) is 15.5. The van der Waals surface area contributed by atoms with Crippen LogP contribution in [0.2, 0.25) is 0 Å². The van der Waals surface area contributed by atoms with E-state index in [1.54, 1.807) is 28.9 Å². The molecule has 1 aromatic carbocycles. The summed E-state index contributed by atoms with van der Waals surface area (Å²) in [7, 11) is 0. The molecule has 0 radical (unpaired) electrons. The number of pyridine rings is 2. The molecule has 1 N–H and O–H groups in total. The minimum atomic E-state index is -0.753. The molecule has 5 aromatic rings. The van der Waals surface area contributed by atoms with Gasteiger partial charge in [0, 0.05) is 23.5 Å². The van der Waals surface area contributed by atoms with Gasteiger partial charge in [0.15, 0.2) is 17.2 Å². The van der Waals surface area contributed by atoms with Gasteiger partial charge in [-0.05, 0) is 49.4 Å². The molecule has 1 amide bonds. The molecule has 4 aromatic heterocycles. The van der Waals surface area contributed by atoms with Crippen molar-refractivity contribution in [1.82, 2.24) is 29.4 Å². The van der Waals surface area contributed by atoms with Crippen molar-refractivity contribution < 1.29 is 13.6 Å². The molecular formula is C22H15F2N7O. The maximum Gasteiger partial charge on any atom is 0.276 e. The fourth-order valence-electron chi connectivity index (χ4n) is 3.27. The lowest BCUT2D eigenvalue weighted by Crippen LogP contribution is -2.14. The van der Waals surface area contributed by atoms with Gasteiger partial charge in [0.1, 0.15) is 18.0 Å². The summed E-state index contributed by atoms with van der Waals surface area (Å²) in [5, 5.41) is 10.9. The number of halogens is 2. The highest BCUT2D eigenvalue weighted by Crippen LogP contribution is 2.25. The van der Waals surface area contributed by atoms with E-state index in [2.05, 4.69) is 25.5 Å². The average Bonchev–Trinajstić information content (AvgIpc) is 3.43. The first kappa shape index (κ1) is 19.5. The highest BCUT2D eigenvalue weighted by molar-refractivity contribution is 6.03. The van der Waals surface area contributed by atoms with E-state index in [4.69, 9.17) is 0 Å². The number of carbonyl (C=O) groups is 1. The highest BCUT2D eigenvalue weighted by atomic mass is 19.1. The molecule has 0 aliphatic carbocycles. The first-order valence-corrected chi connectivity index (χ1v) is 9.58. The van der Waals surface area contributed by atoms with Crippen LogP contribution >= 0.6 is 0 Å². The van der Waals surface area contributed by atoms with Crippen molar-refractivity contribution >= 4 is 17.2 Å². The summed E-state index contributed by atoms with van der Waals surface area (Å²) in [6.07, 6.45) is 3.19. The van der Waals surface area contributed by atoms with Gasteiger partial charge in [0.25, 0.3) is 5.91 Å². The maximum absolute atomic E-state index is 14.0. The van der Waals surface area contributed by atoms with Crippen molar-refractivity contribution in [1.29, 1.82) is 0 Å². The summed E-state index contributed by atoms with van der Waals surface area (Å²) >= 11 is 0. The van der Waals surface area contributed by atoms with Gasteiger partial charge >= 0.3 is 0 Å². The number of amides is 1. The smallest absolute Gasteiger partial charge is 0.276 e. The van der Waals surface area contributed by atoms with E-state index < -0.39 is 17.5 Å². The van der Waals surface area contributed by atoms with Crippen LogP contribution in [0, 0.1) is 18.6 Å². The fourth-order valence-corrected chi connectivity index (χ4v) is 3.27. The summed E-state index contributed by atoms with van der Waals surface area (Å²) in [5.41, 5.74) is 2.42. The molecule has 32 heavy (non-hydrogen) atoms. The van der Waals surface area contributed by atoms with Gasteiger partial charge in [0.2, 0.25) is 0 Å².